The number of hydrogen-bond donors (Lipinski definition) is 1. The minimum absolute atomic E-state index is 0.301. The van der Waals surface area contributed by atoms with E-state index in [0.717, 1.165) is 28.3 Å². The molecule has 28 heavy (non-hydrogen) atoms. The van der Waals surface area contributed by atoms with Gasteiger partial charge in [0.1, 0.15) is 5.54 Å². The molecule has 9 heteroatoms. The second-order valence-corrected chi connectivity index (χ2v) is 9.12. The average Bonchev–Trinajstić information content (AvgIpc) is 2.85. The van der Waals surface area contributed by atoms with E-state index < -0.39 is 21.6 Å². The minimum Gasteiger partial charge on any atom is -0.323 e. The van der Waals surface area contributed by atoms with Crippen molar-refractivity contribution in [3.63, 3.8) is 0 Å². The van der Waals surface area contributed by atoms with Crippen LogP contribution in [0.15, 0.2) is 24.3 Å². The van der Waals surface area contributed by atoms with Gasteiger partial charge in [-0.25, -0.2) is 13.2 Å². The predicted octanol–water partition coefficient (Wildman–Crippen LogP) is 2.16. The molecule has 1 heterocycles. The molecule has 8 nitrogen and oxygen atoms in total. The van der Waals surface area contributed by atoms with Gasteiger partial charge in [0.2, 0.25) is 10.0 Å². The first-order chi connectivity index (χ1) is 13.1. The Kier molecular flexibility index (Phi) is 6.48. The lowest BCUT2D eigenvalue weighted by Crippen LogP contribution is -2.47. The molecule has 1 N–H and O–H groups in total. The number of hydrogen-bond acceptors (Lipinski definition) is 5. The van der Waals surface area contributed by atoms with Crippen LogP contribution in [0.3, 0.4) is 0 Å². The Balaban J connectivity index is 2.16. The van der Waals surface area contributed by atoms with Crippen molar-refractivity contribution >= 4 is 33.4 Å². The number of rotatable bonds is 9. The van der Waals surface area contributed by atoms with Crippen LogP contribution in [-0.2, 0) is 14.8 Å². The molecule has 0 bridgehead atoms. The van der Waals surface area contributed by atoms with Gasteiger partial charge in [-0.1, -0.05) is 26.7 Å². The summed E-state index contributed by atoms with van der Waals surface area (Å²) in [4.78, 5) is 38.8. The standard InChI is InChI=1S/C19H27N3O5S/c1-5-11-19(12-6-2)17(24)22(18(25)20-19)13-16(23)14-7-9-15(10-8-14)21(3)28(4,26)27/h7-10H,5-6,11-13H2,1-4H3,(H,20,25). The number of Topliss-reactive ketones (excluding diaryl/α,β-unsaturated/α-hetero) is 1. The lowest BCUT2D eigenvalue weighted by Gasteiger charge is -2.25. The van der Waals surface area contributed by atoms with Gasteiger partial charge < -0.3 is 5.32 Å². The highest BCUT2D eigenvalue weighted by molar-refractivity contribution is 7.92. The van der Waals surface area contributed by atoms with Crippen molar-refractivity contribution in [1.29, 1.82) is 0 Å². The summed E-state index contributed by atoms with van der Waals surface area (Å²) >= 11 is 0. The number of benzene rings is 1. The molecular formula is C19H27N3O5S. The number of anilines is 1. The summed E-state index contributed by atoms with van der Waals surface area (Å²) in [6.07, 6.45) is 3.63. The number of ketones is 1. The fourth-order valence-electron chi connectivity index (χ4n) is 3.42. The Hall–Kier alpha value is -2.42. The first-order valence-electron chi connectivity index (χ1n) is 9.27. The average molecular weight is 410 g/mol. The normalized spacial score (nSPS) is 16.2. The Morgan fingerprint density at radius 2 is 1.64 bits per heavy atom. The van der Waals surface area contributed by atoms with Crippen molar-refractivity contribution in [2.45, 2.75) is 45.1 Å². The van der Waals surface area contributed by atoms with Crippen molar-refractivity contribution in [1.82, 2.24) is 10.2 Å². The number of nitrogens with zero attached hydrogens (tertiary/aromatic N) is 2. The van der Waals surface area contributed by atoms with Gasteiger partial charge in [-0.2, -0.15) is 0 Å². The Morgan fingerprint density at radius 3 is 2.11 bits per heavy atom. The van der Waals surface area contributed by atoms with Crippen molar-refractivity contribution in [2.24, 2.45) is 0 Å². The van der Waals surface area contributed by atoms with Crippen LogP contribution in [0, 0.1) is 0 Å². The summed E-state index contributed by atoms with van der Waals surface area (Å²) in [5, 5.41) is 2.78. The van der Waals surface area contributed by atoms with Crippen LogP contribution in [0.1, 0.15) is 49.9 Å². The largest absolute Gasteiger partial charge is 0.325 e. The van der Waals surface area contributed by atoms with E-state index in [0.29, 0.717) is 24.1 Å². The smallest absolute Gasteiger partial charge is 0.323 e. The van der Waals surface area contributed by atoms with Gasteiger partial charge in [-0.05, 0) is 37.1 Å². The number of sulfonamides is 1. The van der Waals surface area contributed by atoms with Gasteiger partial charge in [-0.15, -0.1) is 0 Å². The summed E-state index contributed by atoms with van der Waals surface area (Å²) in [6.45, 7) is 3.54. The van der Waals surface area contributed by atoms with Crippen LogP contribution in [0.5, 0.6) is 0 Å². The summed E-state index contributed by atoms with van der Waals surface area (Å²) in [6, 6.07) is 5.46. The van der Waals surface area contributed by atoms with E-state index in [-0.39, 0.29) is 18.2 Å². The number of carbonyl (C=O) groups excluding carboxylic acids is 3. The van der Waals surface area contributed by atoms with Crippen molar-refractivity contribution < 1.29 is 22.8 Å². The SMILES string of the molecule is CCCC1(CCC)NC(=O)N(CC(=O)c2ccc(N(C)S(C)(=O)=O)cc2)C1=O. The molecule has 1 saturated heterocycles. The molecule has 0 aliphatic carbocycles. The van der Waals surface area contributed by atoms with Crippen LogP contribution in [0.2, 0.25) is 0 Å². The summed E-state index contributed by atoms with van der Waals surface area (Å²) < 4.78 is 24.3. The third-order valence-corrected chi connectivity index (χ3v) is 6.16. The number of nitrogens with one attached hydrogen (secondary N) is 1. The molecule has 0 atom stereocenters. The Bertz CT molecular complexity index is 858. The lowest BCUT2D eigenvalue weighted by molar-refractivity contribution is -0.131. The molecule has 0 aromatic heterocycles. The van der Waals surface area contributed by atoms with Crippen LogP contribution in [0.4, 0.5) is 10.5 Å². The van der Waals surface area contributed by atoms with E-state index >= 15 is 0 Å². The van der Waals surface area contributed by atoms with Gasteiger partial charge in [-0.3, -0.25) is 18.8 Å². The van der Waals surface area contributed by atoms with E-state index in [4.69, 9.17) is 0 Å². The van der Waals surface area contributed by atoms with Crippen molar-refractivity contribution in [2.75, 3.05) is 24.2 Å². The van der Waals surface area contributed by atoms with Gasteiger partial charge in [0.25, 0.3) is 5.91 Å². The maximum atomic E-state index is 12.9. The highest BCUT2D eigenvalue weighted by atomic mass is 32.2. The first-order valence-corrected chi connectivity index (χ1v) is 11.1. The topological polar surface area (TPSA) is 104 Å². The third kappa shape index (κ3) is 4.35. The fraction of sp³-hybridized carbons (Fsp3) is 0.526. The maximum Gasteiger partial charge on any atom is 0.325 e. The molecule has 0 unspecified atom stereocenters. The molecule has 1 aliphatic heterocycles. The monoisotopic (exact) mass is 409 g/mol. The van der Waals surface area contributed by atoms with Gasteiger partial charge >= 0.3 is 6.03 Å². The highest BCUT2D eigenvalue weighted by Gasteiger charge is 2.50. The minimum atomic E-state index is -3.40. The molecule has 1 aliphatic rings. The molecule has 154 valence electrons. The summed E-state index contributed by atoms with van der Waals surface area (Å²) in [7, 11) is -1.99. The highest BCUT2D eigenvalue weighted by Crippen LogP contribution is 2.28. The second kappa shape index (κ2) is 8.30. The van der Waals surface area contributed by atoms with Crippen LogP contribution >= 0.6 is 0 Å². The lowest BCUT2D eigenvalue weighted by atomic mass is 9.88. The first kappa shape index (κ1) is 21.9. The predicted molar refractivity (Wildman–Crippen MR) is 107 cm³/mol. The molecule has 0 saturated carbocycles. The third-order valence-electron chi connectivity index (χ3n) is 4.95. The fourth-order valence-corrected chi connectivity index (χ4v) is 3.93. The van der Waals surface area contributed by atoms with E-state index in [1.54, 1.807) is 0 Å². The molecule has 2 rings (SSSR count). The molecule has 0 radical (unpaired) electrons. The molecule has 1 aromatic carbocycles. The summed E-state index contributed by atoms with van der Waals surface area (Å²) in [5.41, 5.74) is -0.211. The van der Waals surface area contributed by atoms with Crippen LogP contribution in [0.25, 0.3) is 0 Å². The van der Waals surface area contributed by atoms with E-state index in [9.17, 15) is 22.8 Å². The number of urea groups is 1. The Labute approximate surface area is 165 Å². The van der Waals surface area contributed by atoms with Crippen molar-refractivity contribution in [3.8, 4) is 0 Å². The molecule has 1 aromatic rings. The number of imide groups is 1. The zero-order valence-electron chi connectivity index (χ0n) is 16.7. The number of carbonyl (C=O) groups is 3. The van der Waals surface area contributed by atoms with Crippen molar-refractivity contribution in [3.05, 3.63) is 29.8 Å². The molecule has 0 spiro atoms. The zero-order valence-corrected chi connectivity index (χ0v) is 17.5. The molecule has 3 amide bonds. The van der Waals surface area contributed by atoms with Crippen LogP contribution < -0.4 is 9.62 Å². The van der Waals surface area contributed by atoms with E-state index in [2.05, 4.69) is 5.32 Å². The quantitative estimate of drug-likeness (QED) is 0.497. The molecule has 1 fully saturated rings. The van der Waals surface area contributed by atoms with Crippen LogP contribution in [-0.4, -0.2) is 56.4 Å². The van der Waals surface area contributed by atoms with E-state index in [1.807, 2.05) is 13.8 Å². The van der Waals surface area contributed by atoms with Gasteiger partial charge in [0, 0.05) is 12.6 Å². The summed E-state index contributed by atoms with van der Waals surface area (Å²) in [5.74, 6) is -0.746. The van der Waals surface area contributed by atoms with Gasteiger partial charge in [0.05, 0.1) is 18.5 Å². The maximum absolute atomic E-state index is 12.9. The molecular weight excluding hydrogens is 382 g/mol. The zero-order chi connectivity index (χ0) is 21.1. The Morgan fingerprint density at radius 1 is 1.11 bits per heavy atom. The number of amides is 3. The second-order valence-electron chi connectivity index (χ2n) is 7.10. The van der Waals surface area contributed by atoms with Gasteiger partial charge in [0.15, 0.2) is 5.78 Å². The van der Waals surface area contributed by atoms with E-state index in [1.165, 1.54) is 31.3 Å².